The summed E-state index contributed by atoms with van der Waals surface area (Å²) < 4.78 is 51.7. The average Bonchev–Trinajstić information content (AvgIpc) is 3.91. The second-order valence-electron chi connectivity index (χ2n) is 18.2. The minimum atomic E-state index is -1.37. The van der Waals surface area contributed by atoms with Crippen molar-refractivity contribution in [3.8, 4) is 0 Å². The normalized spacial score (nSPS) is 43.5. The van der Waals surface area contributed by atoms with Crippen molar-refractivity contribution in [1.82, 2.24) is 30.7 Å². The Kier molecular flexibility index (Phi) is 11.4. The molecule has 0 aromatic carbocycles. The first-order chi connectivity index (χ1) is 24.7. The molecule has 5 aliphatic heterocycles. The van der Waals surface area contributed by atoms with E-state index in [-0.39, 0.29) is 49.1 Å². The second kappa shape index (κ2) is 15.4. The fourth-order valence-corrected chi connectivity index (χ4v) is 10.3. The number of alkyl halides is 2. The molecule has 5 saturated heterocycles. The van der Waals surface area contributed by atoms with Crippen LogP contribution in [0.15, 0.2) is 0 Å². The van der Waals surface area contributed by atoms with E-state index >= 15 is 8.78 Å². The molecular formula is C38H64F2N6O6. The second-order valence-corrected chi connectivity index (χ2v) is 18.2. The van der Waals surface area contributed by atoms with Gasteiger partial charge in [0.05, 0.1) is 43.8 Å². The van der Waals surface area contributed by atoms with Crippen LogP contribution in [-0.2, 0) is 14.2 Å². The van der Waals surface area contributed by atoms with E-state index in [1.165, 1.54) is 0 Å². The molecule has 52 heavy (non-hydrogen) atoms. The summed E-state index contributed by atoms with van der Waals surface area (Å²) in [5.41, 5.74) is -0.621. The van der Waals surface area contributed by atoms with E-state index in [0.29, 0.717) is 64.4 Å². The molecule has 3 amide bonds. The zero-order chi connectivity index (χ0) is 37.1. The number of aliphatic hydroxyl groups excluding tert-OH is 1. The topological polar surface area (TPSA) is 128 Å². The number of amides is 3. The van der Waals surface area contributed by atoms with Gasteiger partial charge >= 0.3 is 12.1 Å². The lowest BCUT2D eigenvalue weighted by molar-refractivity contribution is -0.167. The van der Waals surface area contributed by atoms with Gasteiger partial charge in [-0.15, -0.1) is 0 Å². The van der Waals surface area contributed by atoms with E-state index in [2.05, 4.69) is 34.7 Å². The molecule has 7 rings (SSSR count). The molecular weight excluding hydrogens is 674 g/mol. The Balaban J connectivity index is 1.24. The molecule has 2 saturated carbocycles. The largest absolute Gasteiger partial charge is 0.444 e. The van der Waals surface area contributed by atoms with E-state index in [4.69, 9.17) is 14.2 Å². The number of hydrogen-bond acceptors (Lipinski definition) is 9. The number of aliphatic hydroxyl groups is 1. The van der Waals surface area contributed by atoms with Gasteiger partial charge in [0, 0.05) is 55.5 Å². The number of ether oxygens (including phenoxy) is 3. The number of piperazine rings is 1. The number of urea groups is 1. The molecule has 0 radical (unpaired) electrons. The molecule has 14 atom stereocenters. The number of hydrogen-bond donors (Lipinski definition) is 4. The number of piperidine rings is 2. The number of rotatable bonds is 5. The number of carbonyl (C=O) groups is 2. The van der Waals surface area contributed by atoms with Crippen molar-refractivity contribution < 1.29 is 37.7 Å². The third-order valence-corrected chi connectivity index (χ3v) is 13.0. The van der Waals surface area contributed by atoms with Gasteiger partial charge in [-0.2, -0.15) is 0 Å². The van der Waals surface area contributed by atoms with Crippen LogP contribution in [0, 0.1) is 29.6 Å². The van der Waals surface area contributed by atoms with Crippen LogP contribution >= 0.6 is 0 Å². The lowest BCUT2D eigenvalue weighted by Gasteiger charge is -2.60. The highest BCUT2D eigenvalue weighted by Crippen LogP contribution is 2.44. The van der Waals surface area contributed by atoms with Crippen LogP contribution in [-0.4, -0.2) is 144 Å². The first-order valence-corrected chi connectivity index (χ1v) is 20.2. The van der Waals surface area contributed by atoms with Gasteiger partial charge in [0.1, 0.15) is 24.0 Å². The summed E-state index contributed by atoms with van der Waals surface area (Å²) in [6.07, 6.45) is -1.71. The van der Waals surface area contributed by atoms with Gasteiger partial charge in [0.2, 0.25) is 0 Å². The molecule has 0 aromatic heterocycles. The van der Waals surface area contributed by atoms with Gasteiger partial charge in [-0.3, -0.25) is 10.2 Å². The van der Waals surface area contributed by atoms with Crippen molar-refractivity contribution in [3.63, 3.8) is 0 Å². The number of halogens is 2. The standard InChI is InChI=1S/C38H64F2N6O6/c1-20(2)30-32-23(12-13-41-30)33(47)28(50-18-22-10-11-22)19-51-27-9-7-8-25(39)29(27)31-26(40)16-24-34(43-36(48)46(32)35(24)42-31)45-15-14-44(17-21(45)3)37(49)52-38(4,5)6/h20-35,41-42,47H,7-19H2,1-6H3,(H,43,48)/t21-,23?,24?,25?,26?,27?,28?,29?,30?,31?,32?,33?,34?,35?/m0/s1. The maximum atomic E-state index is 16.9. The van der Waals surface area contributed by atoms with Gasteiger partial charge in [-0.25, -0.2) is 18.4 Å². The average molecular weight is 739 g/mol. The third kappa shape index (κ3) is 7.80. The Bertz CT molecular complexity index is 1270. The summed E-state index contributed by atoms with van der Waals surface area (Å²) >= 11 is 0. The molecule has 2 bridgehead atoms. The van der Waals surface area contributed by atoms with Crippen molar-refractivity contribution in [3.05, 3.63) is 0 Å². The van der Waals surface area contributed by atoms with Gasteiger partial charge in [0.25, 0.3) is 0 Å². The van der Waals surface area contributed by atoms with E-state index in [1.807, 2.05) is 32.6 Å². The SMILES string of the molecule is CC(C)C1NCCC2C(O)C(OCC3CC3)COC3CCCC(F)C3C3NC4C(CC3F)C(N3CCN(C(=O)OC(C)(C)C)C[C@@H]3C)NC(=O)N4C21. The summed E-state index contributed by atoms with van der Waals surface area (Å²) in [6, 6.07) is -1.88. The van der Waals surface area contributed by atoms with Gasteiger partial charge < -0.3 is 39.8 Å². The number of nitrogens with zero attached hydrogens (tertiary/aromatic N) is 3. The zero-order valence-corrected chi connectivity index (χ0v) is 32.0. The van der Waals surface area contributed by atoms with Crippen LogP contribution in [0.2, 0.25) is 0 Å². The first kappa shape index (κ1) is 38.4. The zero-order valence-electron chi connectivity index (χ0n) is 32.0. The molecule has 2 aliphatic carbocycles. The summed E-state index contributed by atoms with van der Waals surface area (Å²) in [5.74, 6) is -0.884. The molecule has 7 aliphatic rings. The highest BCUT2D eigenvalue weighted by atomic mass is 19.1. The van der Waals surface area contributed by atoms with Crippen LogP contribution in [0.5, 0.6) is 0 Å². The fraction of sp³-hybridized carbons (Fsp3) is 0.947. The maximum Gasteiger partial charge on any atom is 0.410 e. The number of carbonyl (C=O) groups excluding carboxylic acids is 2. The molecule has 13 unspecified atom stereocenters. The first-order valence-electron chi connectivity index (χ1n) is 20.2. The third-order valence-electron chi connectivity index (χ3n) is 13.0. The molecule has 296 valence electrons. The Morgan fingerprint density at radius 3 is 2.52 bits per heavy atom. The van der Waals surface area contributed by atoms with Crippen LogP contribution < -0.4 is 16.0 Å². The monoisotopic (exact) mass is 738 g/mol. The van der Waals surface area contributed by atoms with Crippen molar-refractivity contribution in [2.24, 2.45) is 29.6 Å². The molecule has 0 aromatic rings. The quantitative estimate of drug-likeness (QED) is 0.335. The fourth-order valence-electron chi connectivity index (χ4n) is 10.3. The lowest BCUT2D eigenvalue weighted by Crippen LogP contribution is -2.80. The summed E-state index contributed by atoms with van der Waals surface area (Å²) in [5, 5.41) is 22.9. The van der Waals surface area contributed by atoms with Crippen molar-refractivity contribution in [2.45, 2.75) is 159 Å². The van der Waals surface area contributed by atoms with Gasteiger partial charge in [0.15, 0.2) is 0 Å². The molecule has 4 N–H and O–H groups in total. The van der Waals surface area contributed by atoms with Crippen LogP contribution in [0.3, 0.4) is 0 Å². The van der Waals surface area contributed by atoms with Crippen molar-refractivity contribution in [1.29, 1.82) is 0 Å². The molecule has 5 heterocycles. The molecule has 14 heteroatoms. The maximum absolute atomic E-state index is 16.9. The minimum absolute atomic E-state index is 0.0991. The Hall–Kier alpha value is -1.84. The Morgan fingerprint density at radius 1 is 1.06 bits per heavy atom. The van der Waals surface area contributed by atoms with Gasteiger partial charge in [-0.05, 0) is 91.0 Å². The van der Waals surface area contributed by atoms with Crippen molar-refractivity contribution in [2.75, 3.05) is 39.4 Å². The van der Waals surface area contributed by atoms with Crippen molar-refractivity contribution >= 4 is 12.1 Å². The van der Waals surface area contributed by atoms with E-state index in [9.17, 15) is 14.7 Å². The summed E-state index contributed by atoms with van der Waals surface area (Å²) in [4.78, 5) is 33.5. The van der Waals surface area contributed by atoms with E-state index in [0.717, 1.165) is 12.8 Å². The molecule has 12 nitrogen and oxygen atoms in total. The smallest absolute Gasteiger partial charge is 0.410 e. The van der Waals surface area contributed by atoms with Crippen LogP contribution in [0.25, 0.3) is 0 Å². The highest BCUT2D eigenvalue weighted by molar-refractivity contribution is 5.77. The molecule has 7 fully saturated rings. The van der Waals surface area contributed by atoms with Crippen LogP contribution in [0.4, 0.5) is 18.4 Å². The number of fused-ring (bicyclic) bond motifs is 5. The highest BCUT2D eigenvalue weighted by Gasteiger charge is 2.59. The number of nitrogens with one attached hydrogen (secondary N) is 3. The summed E-state index contributed by atoms with van der Waals surface area (Å²) in [6.45, 7) is 14.4. The minimum Gasteiger partial charge on any atom is -0.444 e. The van der Waals surface area contributed by atoms with E-state index in [1.54, 1.807) is 4.90 Å². The van der Waals surface area contributed by atoms with Gasteiger partial charge in [-0.1, -0.05) is 13.8 Å². The molecule has 0 spiro atoms. The van der Waals surface area contributed by atoms with Crippen LogP contribution in [0.1, 0.15) is 86.5 Å². The van der Waals surface area contributed by atoms with E-state index < -0.39 is 72.5 Å². The Labute approximate surface area is 308 Å². The summed E-state index contributed by atoms with van der Waals surface area (Å²) in [7, 11) is 0. The lowest BCUT2D eigenvalue weighted by atomic mass is 9.71. The Morgan fingerprint density at radius 2 is 1.83 bits per heavy atom. The predicted octanol–water partition coefficient (Wildman–Crippen LogP) is 3.62. The predicted molar refractivity (Wildman–Crippen MR) is 191 cm³/mol.